The molecule has 0 fully saturated rings. The lowest BCUT2D eigenvalue weighted by atomic mass is 9.95. The Morgan fingerprint density at radius 1 is 0.920 bits per heavy atom. The monoisotopic (exact) mass is 322 g/mol. The van der Waals surface area contributed by atoms with Crippen LogP contribution in [0.15, 0.2) is 60.8 Å². The first-order valence-electron chi connectivity index (χ1n) is 8.66. The van der Waals surface area contributed by atoms with Crippen LogP contribution in [0.2, 0.25) is 0 Å². The van der Waals surface area contributed by atoms with Gasteiger partial charge in [0.1, 0.15) is 0 Å². The lowest BCUT2D eigenvalue weighted by Gasteiger charge is -2.14. The highest BCUT2D eigenvalue weighted by Crippen LogP contribution is 2.45. The van der Waals surface area contributed by atoms with Gasteiger partial charge in [-0.25, -0.2) is 4.98 Å². The fourth-order valence-electron chi connectivity index (χ4n) is 4.06. The van der Waals surface area contributed by atoms with Crippen molar-refractivity contribution >= 4 is 10.9 Å². The van der Waals surface area contributed by atoms with Crippen molar-refractivity contribution in [2.24, 2.45) is 0 Å². The van der Waals surface area contributed by atoms with Crippen molar-refractivity contribution in [3.05, 3.63) is 83.0 Å². The van der Waals surface area contributed by atoms with Gasteiger partial charge in [0.15, 0.2) is 0 Å². The predicted octanol–water partition coefficient (Wildman–Crippen LogP) is 5.48. The maximum Gasteiger partial charge on any atom is 0.0935 e. The summed E-state index contributed by atoms with van der Waals surface area (Å²) < 4.78 is 0. The molecule has 1 aliphatic carbocycles. The van der Waals surface area contributed by atoms with Crippen LogP contribution in [0.5, 0.6) is 0 Å². The van der Waals surface area contributed by atoms with Crippen molar-refractivity contribution in [1.29, 1.82) is 0 Å². The van der Waals surface area contributed by atoms with Gasteiger partial charge in [-0.3, -0.25) is 4.98 Å². The van der Waals surface area contributed by atoms with Crippen LogP contribution in [0.1, 0.15) is 22.3 Å². The van der Waals surface area contributed by atoms with Gasteiger partial charge in [0.05, 0.1) is 16.9 Å². The Labute approximate surface area is 147 Å². The zero-order chi connectivity index (χ0) is 17.0. The van der Waals surface area contributed by atoms with E-state index in [2.05, 4.69) is 61.3 Å². The molecule has 0 aliphatic heterocycles. The van der Waals surface area contributed by atoms with Crippen LogP contribution >= 0.6 is 0 Å². The standard InChI is InChI=1S/C23H18N2/c1-14-11-15(2)22-18(12-14)21-17-8-4-3-7-16(17)13-19(21)23(25-22)20-9-5-6-10-24-20/h3-12H,13H2,1-2H3. The Morgan fingerprint density at radius 2 is 1.76 bits per heavy atom. The van der Waals surface area contributed by atoms with Gasteiger partial charge in [0, 0.05) is 18.0 Å². The molecule has 0 radical (unpaired) electrons. The molecule has 25 heavy (non-hydrogen) atoms. The maximum absolute atomic E-state index is 5.08. The number of fused-ring (bicyclic) bond motifs is 5. The molecule has 2 heterocycles. The summed E-state index contributed by atoms with van der Waals surface area (Å²) in [5.74, 6) is 0. The molecule has 0 spiro atoms. The summed E-state index contributed by atoms with van der Waals surface area (Å²) in [5, 5.41) is 1.26. The normalized spacial score (nSPS) is 12.2. The summed E-state index contributed by atoms with van der Waals surface area (Å²) in [4.78, 5) is 9.66. The quantitative estimate of drug-likeness (QED) is 0.408. The zero-order valence-electron chi connectivity index (χ0n) is 14.4. The zero-order valence-corrected chi connectivity index (χ0v) is 14.4. The first kappa shape index (κ1) is 14.4. The number of aromatic nitrogens is 2. The van der Waals surface area contributed by atoms with Crippen LogP contribution in [0, 0.1) is 13.8 Å². The van der Waals surface area contributed by atoms with Crippen molar-refractivity contribution in [1.82, 2.24) is 9.97 Å². The number of rotatable bonds is 1. The van der Waals surface area contributed by atoms with Crippen molar-refractivity contribution in [2.45, 2.75) is 20.3 Å². The van der Waals surface area contributed by atoms with Gasteiger partial charge in [-0.05, 0) is 59.9 Å². The molecular formula is C23H18N2. The van der Waals surface area contributed by atoms with E-state index in [1.165, 1.54) is 38.8 Å². The van der Waals surface area contributed by atoms with Crippen molar-refractivity contribution < 1.29 is 0 Å². The van der Waals surface area contributed by atoms with E-state index in [0.29, 0.717) is 0 Å². The number of hydrogen-bond acceptors (Lipinski definition) is 2. The van der Waals surface area contributed by atoms with Crippen LogP contribution in [-0.2, 0) is 6.42 Å². The number of aryl methyl sites for hydroxylation is 2. The minimum absolute atomic E-state index is 0.924. The second-order valence-corrected chi connectivity index (χ2v) is 6.84. The molecule has 0 atom stereocenters. The second kappa shape index (κ2) is 5.25. The summed E-state index contributed by atoms with van der Waals surface area (Å²) in [6, 6.07) is 19.2. The van der Waals surface area contributed by atoms with Crippen molar-refractivity contribution in [3.8, 4) is 22.5 Å². The third kappa shape index (κ3) is 2.11. The molecule has 2 aromatic carbocycles. The predicted molar refractivity (Wildman–Crippen MR) is 103 cm³/mol. The van der Waals surface area contributed by atoms with Crippen LogP contribution in [0.25, 0.3) is 33.4 Å². The summed E-state index contributed by atoms with van der Waals surface area (Å²) in [6.07, 6.45) is 2.77. The minimum Gasteiger partial charge on any atom is -0.255 e. The molecule has 0 bridgehead atoms. The van der Waals surface area contributed by atoms with Crippen molar-refractivity contribution in [3.63, 3.8) is 0 Å². The highest BCUT2D eigenvalue weighted by Gasteiger charge is 2.26. The lowest BCUT2D eigenvalue weighted by Crippen LogP contribution is -1.98. The molecule has 120 valence electrons. The van der Waals surface area contributed by atoms with Gasteiger partial charge < -0.3 is 0 Å². The Hall–Kier alpha value is -3.00. The van der Waals surface area contributed by atoms with Crippen LogP contribution < -0.4 is 0 Å². The van der Waals surface area contributed by atoms with Gasteiger partial charge in [0.2, 0.25) is 0 Å². The molecule has 0 N–H and O–H groups in total. The van der Waals surface area contributed by atoms with E-state index in [1.54, 1.807) is 0 Å². The molecular weight excluding hydrogens is 304 g/mol. The molecule has 0 saturated heterocycles. The van der Waals surface area contributed by atoms with E-state index in [1.807, 2.05) is 18.3 Å². The Kier molecular flexibility index (Phi) is 3.01. The van der Waals surface area contributed by atoms with Crippen molar-refractivity contribution in [2.75, 3.05) is 0 Å². The molecule has 5 rings (SSSR count). The SMILES string of the molecule is Cc1cc(C)c2nc(-c3ccccn3)c3c(c2c1)-c1ccccc1C3. The third-order valence-corrected chi connectivity index (χ3v) is 5.09. The first-order chi connectivity index (χ1) is 12.2. The third-order valence-electron chi connectivity index (χ3n) is 5.09. The fraction of sp³-hybridized carbons (Fsp3) is 0.130. The Bertz CT molecular complexity index is 1130. The summed E-state index contributed by atoms with van der Waals surface area (Å²) >= 11 is 0. The number of benzene rings is 2. The fourth-order valence-corrected chi connectivity index (χ4v) is 4.06. The Balaban J connectivity index is 1.95. The number of pyridine rings is 2. The maximum atomic E-state index is 5.08. The molecule has 2 nitrogen and oxygen atoms in total. The average Bonchev–Trinajstić information content (AvgIpc) is 3.02. The highest BCUT2D eigenvalue weighted by atomic mass is 14.8. The lowest BCUT2D eigenvalue weighted by molar-refractivity contribution is 1.19. The Morgan fingerprint density at radius 3 is 2.60 bits per heavy atom. The van der Waals surface area contributed by atoms with Crippen LogP contribution in [0.3, 0.4) is 0 Å². The summed E-state index contributed by atoms with van der Waals surface area (Å²) in [6.45, 7) is 4.31. The average molecular weight is 322 g/mol. The molecule has 2 aromatic heterocycles. The van der Waals surface area contributed by atoms with Gasteiger partial charge >= 0.3 is 0 Å². The molecule has 0 unspecified atom stereocenters. The van der Waals surface area contributed by atoms with E-state index >= 15 is 0 Å². The van der Waals surface area contributed by atoms with E-state index in [0.717, 1.165) is 23.3 Å². The highest BCUT2D eigenvalue weighted by molar-refractivity contribution is 6.03. The van der Waals surface area contributed by atoms with Crippen LogP contribution in [0.4, 0.5) is 0 Å². The first-order valence-corrected chi connectivity index (χ1v) is 8.66. The molecule has 0 saturated carbocycles. The molecule has 2 heteroatoms. The van der Waals surface area contributed by atoms with E-state index in [-0.39, 0.29) is 0 Å². The molecule has 4 aromatic rings. The van der Waals surface area contributed by atoms with Gasteiger partial charge in [-0.1, -0.05) is 42.0 Å². The van der Waals surface area contributed by atoms with Gasteiger partial charge in [-0.2, -0.15) is 0 Å². The van der Waals surface area contributed by atoms with E-state index in [4.69, 9.17) is 4.98 Å². The molecule has 0 amide bonds. The van der Waals surface area contributed by atoms with E-state index < -0.39 is 0 Å². The van der Waals surface area contributed by atoms with Gasteiger partial charge in [0.25, 0.3) is 0 Å². The van der Waals surface area contributed by atoms with Gasteiger partial charge in [-0.15, -0.1) is 0 Å². The second-order valence-electron chi connectivity index (χ2n) is 6.84. The topological polar surface area (TPSA) is 25.8 Å². The smallest absolute Gasteiger partial charge is 0.0935 e. The minimum atomic E-state index is 0.924. The van der Waals surface area contributed by atoms with E-state index in [9.17, 15) is 0 Å². The summed E-state index contributed by atoms with van der Waals surface area (Å²) in [5.41, 5.74) is 10.9. The number of hydrogen-bond donors (Lipinski definition) is 0. The summed E-state index contributed by atoms with van der Waals surface area (Å²) in [7, 11) is 0. The van der Waals surface area contributed by atoms with Crippen LogP contribution in [-0.4, -0.2) is 9.97 Å². The largest absolute Gasteiger partial charge is 0.255 e. The molecule has 1 aliphatic rings. The number of nitrogens with zero attached hydrogens (tertiary/aromatic N) is 2.